The summed E-state index contributed by atoms with van der Waals surface area (Å²) in [6, 6.07) is 0. The van der Waals surface area contributed by atoms with Crippen LogP contribution in [0.1, 0.15) is 53.9 Å². The van der Waals surface area contributed by atoms with Crippen LogP contribution in [-0.2, 0) is 9.53 Å². The number of carbonyl (C=O) groups excluding carboxylic acids is 1. The van der Waals surface area contributed by atoms with Gasteiger partial charge < -0.3 is 4.74 Å². The predicted molar refractivity (Wildman–Crippen MR) is 63.9 cm³/mol. The molecule has 1 saturated heterocycles. The molecule has 2 nitrogen and oxygen atoms in total. The van der Waals surface area contributed by atoms with Crippen LogP contribution in [-0.4, -0.2) is 11.6 Å². The van der Waals surface area contributed by atoms with Gasteiger partial charge >= 0.3 is 5.97 Å². The van der Waals surface area contributed by atoms with Crippen LogP contribution in [0.25, 0.3) is 0 Å². The molecule has 0 aromatic heterocycles. The van der Waals surface area contributed by atoms with Crippen LogP contribution in [0.4, 0.5) is 0 Å². The summed E-state index contributed by atoms with van der Waals surface area (Å²) in [5, 5.41) is 0. The Balaban J connectivity index is 2.44. The first kappa shape index (κ1) is 11.9. The molecule has 2 heteroatoms. The summed E-state index contributed by atoms with van der Waals surface area (Å²) >= 11 is 0. The summed E-state index contributed by atoms with van der Waals surface area (Å²) in [5.74, 6) is 1.34. The van der Waals surface area contributed by atoms with E-state index in [1.165, 1.54) is 0 Å². The summed E-state index contributed by atoms with van der Waals surface area (Å²) in [6.45, 7) is 11.3. The minimum atomic E-state index is -0.227. The molecule has 16 heavy (non-hydrogen) atoms. The van der Waals surface area contributed by atoms with Gasteiger partial charge in [0.1, 0.15) is 5.60 Å². The van der Waals surface area contributed by atoms with E-state index in [-0.39, 0.29) is 22.9 Å². The van der Waals surface area contributed by atoms with Gasteiger partial charge in [-0.1, -0.05) is 27.7 Å². The van der Waals surface area contributed by atoms with Gasteiger partial charge in [-0.25, -0.2) is 0 Å². The third kappa shape index (κ3) is 1.28. The van der Waals surface area contributed by atoms with Gasteiger partial charge in [0.05, 0.1) is 5.92 Å². The monoisotopic (exact) mass is 224 g/mol. The van der Waals surface area contributed by atoms with E-state index in [0.29, 0.717) is 11.8 Å². The summed E-state index contributed by atoms with van der Waals surface area (Å²) in [7, 11) is 0. The lowest BCUT2D eigenvalue weighted by Crippen LogP contribution is -2.54. The van der Waals surface area contributed by atoms with Gasteiger partial charge in [-0.15, -0.1) is 0 Å². The molecular formula is C14H24O2. The third-order valence-electron chi connectivity index (χ3n) is 5.25. The minimum absolute atomic E-state index is 0.0469. The summed E-state index contributed by atoms with van der Waals surface area (Å²) < 4.78 is 5.77. The first-order chi connectivity index (χ1) is 7.33. The van der Waals surface area contributed by atoms with Gasteiger partial charge in [-0.2, -0.15) is 0 Å². The van der Waals surface area contributed by atoms with Gasteiger partial charge in [0, 0.05) is 11.8 Å². The fraction of sp³-hybridized carbons (Fsp3) is 0.929. The highest BCUT2D eigenvalue weighted by molar-refractivity contribution is 5.76. The zero-order valence-electron chi connectivity index (χ0n) is 11.2. The van der Waals surface area contributed by atoms with Crippen LogP contribution in [0, 0.1) is 23.2 Å². The molecule has 1 aliphatic carbocycles. The van der Waals surface area contributed by atoms with Crippen molar-refractivity contribution >= 4 is 5.97 Å². The number of esters is 1. The Labute approximate surface area is 98.7 Å². The Morgan fingerprint density at radius 3 is 2.31 bits per heavy atom. The minimum Gasteiger partial charge on any atom is -0.459 e. The molecule has 1 saturated carbocycles. The molecule has 2 rings (SSSR count). The van der Waals surface area contributed by atoms with Crippen molar-refractivity contribution in [2.24, 2.45) is 23.2 Å². The van der Waals surface area contributed by atoms with Crippen molar-refractivity contribution < 1.29 is 9.53 Å². The first-order valence-electron chi connectivity index (χ1n) is 6.56. The molecule has 0 spiro atoms. The normalized spacial score (nSPS) is 36.9. The van der Waals surface area contributed by atoms with Gasteiger partial charge in [-0.3, -0.25) is 4.79 Å². The van der Waals surface area contributed by atoms with E-state index in [4.69, 9.17) is 4.74 Å². The van der Waals surface area contributed by atoms with Crippen LogP contribution in [0.5, 0.6) is 0 Å². The number of rotatable bonds is 2. The van der Waals surface area contributed by atoms with Crippen molar-refractivity contribution in [1.29, 1.82) is 0 Å². The standard InChI is InChI=1S/C14H24O2/c1-9(2)14(10(3)4)7-6-11-8-13(14,5)16-12(11)15/h9-11H,6-8H2,1-5H3. The average molecular weight is 224 g/mol. The van der Waals surface area contributed by atoms with Crippen molar-refractivity contribution in [3.05, 3.63) is 0 Å². The fourth-order valence-corrected chi connectivity index (χ4v) is 4.55. The molecule has 92 valence electrons. The van der Waals surface area contributed by atoms with E-state index in [1.807, 2.05) is 0 Å². The zero-order chi connectivity index (χ0) is 12.1. The number of hydrogen-bond donors (Lipinski definition) is 0. The van der Waals surface area contributed by atoms with E-state index in [0.717, 1.165) is 19.3 Å². The Morgan fingerprint density at radius 2 is 1.81 bits per heavy atom. The molecule has 0 radical (unpaired) electrons. The lowest BCUT2D eigenvalue weighted by atomic mass is 9.53. The van der Waals surface area contributed by atoms with Crippen LogP contribution < -0.4 is 0 Å². The van der Waals surface area contributed by atoms with Gasteiger partial charge in [0.15, 0.2) is 0 Å². The lowest BCUT2D eigenvalue weighted by molar-refractivity contribution is -0.169. The number of carbonyl (C=O) groups is 1. The fourth-order valence-electron chi connectivity index (χ4n) is 4.55. The Hall–Kier alpha value is -0.530. The molecule has 2 unspecified atom stereocenters. The maximum atomic E-state index is 11.8. The molecule has 0 aromatic carbocycles. The summed E-state index contributed by atoms with van der Waals surface area (Å²) in [5.41, 5.74) is -0.0645. The third-order valence-corrected chi connectivity index (χ3v) is 5.25. The number of hydrogen-bond acceptors (Lipinski definition) is 2. The summed E-state index contributed by atoms with van der Waals surface area (Å²) in [6.07, 6.45) is 3.09. The molecule has 2 fully saturated rings. The second-order valence-corrected chi connectivity index (χ2v) is 6.44. The predicted octanol–water partition coefficient (Wildman–Crippen LogP) is 3.40. The highest BCUT2D eigenvalue weighted by atomic mass is 16.6. The molecular weight excluding hydrogens is 200 g/mol. The van der Waals surface area contributed by atoms with Gasteiger partial charge in [-0.05, 0) is 31.6 Å². The second-order valence-electron chi connectivity index (χ2n) is 6.44. The molecule has 0 N–H and O–H groups in total. The Kier molecular flexibility index (Phi) is 2.60. The molecule has 0 aromatic rings. The van der Waals surface area contributed by atoms with E-state index >= 15 is 0 Å². The average Bonchev–Trinajstić information content (AvgIpc) is 2.37. The molecule has 0 amide bonds. The van der Waals surface area contributed by atoms with Crippen molar-refractivity contribution in [3.63, 3.8) is 0 Å². The van der Waals surface area contributed by atoms with E-state index in [9.17, 15) is 4.79 Å². The molecule has 1 aliphatic heterocycles. The lowest BCUT2D eigenvalue weighted by Gasteiger charge is -2.53. The quantitative estimate of drug-likeness (QED) is 0.672. The SMILES string of the molecule is CC(C)C1(C(C)C)CCC2CC1(C)OC2=O. The first-order valence-corrected chi connectivity index (χ1v) is 6.56. The smallest absolute Gasteiger partial charge is 0.309 e. The van der Waals surface area contributed by atoms with Crippen LogP contribution >= 0.6 is 0 Å². The molecule has 2 bridgehead atoms. The van der Waals surface area contributed by atoms with E-state index in [2.05, 4.69) is 34.6 Å². The molecule has 2 atom stereocenters. The van der Waals surface area contributed by atoms with Crippen molar-refractivity contribution in [2.75, 3.05) is 0 Å². The van der Waals surface area contributed by atoms with Gasteiger partial charge in [0.2, 0.25) is 0 Å². The highest BCUT2D eigenvalue weighted by Crippen LogP contribution is 2.60. The largest absolute Gasteiger partial charge is 0.459 e. The van der Waals surface area contributed by atoms with E-state index < -0.39 is 0 Å². The van der Waals surface area contributed by atoms with Gasteiger partial charge in [0.25, 0.3) is 0 Å². The molecule has 1 heterocycles. The summed E-state index contributed by atoms with van der Waals surface area (Å²) in [4.78, 5) is 11.8. The van der Waals surface area contributed by atoms with Crippen molar-refractivity contribution in [1.82, 2.24) is 0 Å². The van der Waals surface area contributed by atoms with Crippen LogP contribution in [0.15, 0.2) is 0 Å². The topological polar surface area (TPSA) is 26.3 Å². The maximum absolute atomic E-state index is 11.8. The maximum Gasteiger partial charge on any atom is 0.309 e. The Bertz CT molecular complexity index is 298. The van der Waals surface area contributed by atoms with Crippen molar-refractivity contribution in [3.8, 4) is 0 Å². The number of fused-ring (bicyclic) bond motifs is 2. The molecule has 2 aliphatic rings. The highest BCUT2D eigenvalue weighted by Gasteiger charge is 2.62. The van der Waals surface area contributed by atoms with E-state index in [1.54, 1.807) is 0 Å². The zero-order valence-corrected chi connectivity index (χ0v) is 11.2. The Morgan fingerprint density at radius 1 is 1.25 bits per heavy atom. The number of ether oxygens (including phenoxy) is 1. The van der Waals surface area contributed by atoms with Crippen LogP contribution in [0.2, 0.25) is 0 Å². The second kappa shape index (κ2) is 3.48. The van der Waals surface area contributed by atoms with Crippen molar-refractivity contribution in [2.45, 2.75) is 59.5 Å². The van der Waals surface area contributed by atoms with Crippen LogP contribution in [0.3, 0.4) is 0 Å².